The van der Waals surface area contributed by atoms with E-state index in [1.54, 1.807) is 12.1 Å². The summed E-state index contributed by atoms with van der Waals surface area (Å²) in [4.78, 5) is 2.15. The molecule has 1 heterocycles. The van der Waals surface area contributed by atoms with Gasteiger partial charge in [-0.3, -0.25) is 4.90 Å². The van der Waals surface area contributed by atoms with E-state index in [9.17, 15) is 13.2 Å². The largest absolute Gasteiger partial charge is 0.497 e. The van der Waals surface area contributed by atoms with E-state index in [1.165, 1.54) is 7.11 Å². The molecule has 0 unspecified atom stereocenters. The third-order valence-corrected chi connectivity index (χ3v) is 4.20. The summed E-state index contributed by atoms with van der Waals surface area (Å²) in [6.45, 7) is 9.04. The van der Waals surface area contributed by atoms with Crippen LogP contribution in [0.5, 0.6) is 5.75 Å². The molecule has 1 aliphatic rings. The fraction of sp³-hybridized carbons (Fsp3) is 0.647. The van der Waals surface area contributed by atoms with E-state index < -0.39 is 11.7 Å². The minimum absolute atomic E-state index is 0. The topological polar surface area (TPSA) is 24.5 Å². The molecule has 0 spiro atoms. The highest BCUT2D eigenvalue weighted by molar-refractivity contribution is 5.85. The van der Waals surface area contributed by atoms with Crippen molar-refractivity contribution in [1.82, 2.24) is 10.2 Å². The van der Waals surface area contributed by atoms with Crippen molar-refractivity contribution in [3.63, 3.8) is 0 Å². The van der Waals surface area contributed by atoms with Crippen LogP contribution >= 0.6 is 24.8 Å². The van der Waals surface area contributed by atoms with Gasteiger partial charge >= 0.3 is 6.18 Å². The van der Waals surface area contributed by atoms with Gasteiger partial charge in [-0.25, -0.2) is 0 Å². The number of nitrogens with one attached hydrogen (secondary N) is 1. The molecule has 1 aromatic carbocycles. The highest BCUT2D eigenvalue weighted by Crippen LogP contribution is 2.44. The van der Waals surface area contributed by atoms with Crippen molar-refractivity contribution in [3.05, 3.63) is 29.3 Å². The Hall–Kier alpha value is -0.690. The molecule has 0 radical (unpaired) electrons. The van der Waals surface area contributed by atoms with E-state index in [1.807, 2.05) is 20.8 Å². The molecule has 0 saturated carbocycles. The molecule has 146 valence electrons. The molecule has 2 rings (SSSR count). The van der Waals surface area contributed by atoms with E-state index in [-0.39, 0.29) is 42.0 Å². The SMILES string of the molecule is COc1ccc([C@@H](N2CCNCC2)C(C)(C)C)c(C(F)(F)F)c1.Cl.Cl. The fourth-order valence-corrected chi connectivity index (χ4v) is 3.30. The molecule has 0 bridgehead atoms. The molecule has 1 N–H and O–H groups in total. The van der Waals surface area contributed by atoms with Crippen molar-refractivity contribution in [3.8, 4) is 5.75 Å². The molecule has 0 amide bonds. The van der Waals surface area contributed by atoms with Crippen LogP contribution in [0.3, 0.4) is 0 Å². The van der Waals surface area contributed by atoms with Crippen molar-refractivity contribution in [2.75, 3.05) is 33.3 Å². The Morgan fingerprint density at radius 3 is 2.08 bits per heavy atom. The summed E-state index contributed by atoms with van der Waals surface area (Å²) in [5.41, 5.74) is -0.589. The fourth-order valence-electron chi connectivity index (χ4n) is 3.30. The van der Waals surface area contributed by atoms with Crippen LogP contribution in [-0.4, -0.2) is 38.2 Å². The number of ether oxygens (including phenoxy) is 1. The summed E-state index contributed by atoms with van der Waals surface area (Å²) >= 11 is 0. The molecule has 1 atom stereocenters. The number of piperazine rings is 1. The Balaban J connectivity index is 0.00000288. The van der Waals surface area contributed by atoms with Crippen molar-refractivity contribution >= 4 is 24.8 Å². The van der Waals surface area contributed by atoms with Crippen molar-refractivity contribution in [2.24, 2.45) is 5.41 Å². The second-order valence-corrected chi connectivity index (χ2v) is 7.01. The number of alkyl halides is 3. The first-order valence-electron chi connectivity index (χ1n) is 7.84. The molecular weight excluding hydrogens is 376 g/mol. The van der Waals surface area contributed by atoms with Crippen molar-refractivity contribution in [1.29, 1.82) is 0 Å². The standard InChI is InChI=1S/C17H25F3N2O.2ClH/c1-16(2,3)15(22-9-7-21-8-10-22)13-6-5-12(23-4)11-14(13)17(18,19)20;;/h5-6,11,15,21H,7-10H2,1-4H3;2*1H/t15-;;/m1../s1. The van der Waals surface area contributed by atoms with E-state index in [0.29, 0.717) is 5.56 Å². The maximum absolute atomic E-state index is 13.6. The molecule has 0 aromatic heterocycles. The van der Waals surface area contributed by atoms with Gasteiger partial charge in [0, 0.05) is 32.2 Å². The minimum Gasteiger partial charge on any atom is -0.497 e. The number of nitrogens with zero attached hydrogens (tertiary/aromatic N) is 1. The molecule has 0 aliphatic carbocycles. The average molecular weight is 403 g/mol. The zero-order valence-corrected chi connectivity index (χ0v) is 16.6. The maximum Gasteiger partial charge on any atom is 0.416 e. The number of methoxy groups -OCH3 is 1. The van der Waals surface area contributed by atoms with E-state index in [4.69, 9.17) is 4.74 Å². The van der Waals surface area contributed by atoms with Crippen LogP contribution in [0.4, 0.5) is 13.2 Å². The van der Waals surface area contributed by atoms with Crippen LogP contribution in [0.15, 0.2) is 18.2 Å². The van der Waals surface area contributed by atoms with Gasteiger partial charge in [0.15, 0.2) is 0 Å². The van der Waals surface area contributed by atoms with Gasteiger partial charge in [0.2, 0.25) is 0 Å². The Labute approximate surface area is 160 Å². The maximum atomic E-state index is 13.6. The number of hydrogen-bond acceptors (Lipinski definition) is 3. The summed E-state index contributed by atoms with van der Waals surface area (Å²) in [6.07, 6.45) is -4.40. The van der Waals surface area contributed by atoms with Gasteiger partial charge in [0.25, 0.3) is 0 Å². The predicted molar refractivity (Wildman–Crippen MR) is 99.1 cm³/mol. The minimum atomic E-state index is -4.40. The monoisotopic (exact) mass is 402 g/mol. The summed E-state index contributed by atoms with van der Waals surface area (Å²) in [6, 6.07) is 3.99. The lowest BCUT2D eigenvalue weighted by molar-refractivity contribution is -0.139. The Morgan fingerprint density at radius 2 is 1.64 bits per heavy atom. The third-order valence-electron chi connectivity index (χ3n) is 4.20. The molecule has 25 heavy (non-hydrogen) atoms. The molecule has 1 aromatic rings. The van der Waals surface area contributed by atoms with E-state index in [0.717, 1.165) is 32.2 Å². The van der Waals surface area contributed by atoms with Crippen molar-refractivity contribution in [2.45, 2.75) is 33.0 Å². The van der Waals surface area contributed by atoms with Crippen LogP contribution in [0.25, 0.3) is 0 Å². The summed E-state index contributed by atoms with van der Waals surface area (Å²) in [5.74, 6) is 0.231. The van der Waals surface area contributed by atoms with Crippen LogP contribution in [0, 0.1) is 5.41 Å². The van der Waals surface area contributed by atoms with Crippen molar-refractivity contribution < 1.29 is 17.9 Å². The number of hydrogen-bond donors (Lipinski definition) is 1. The highest BCUT2D eigenvalue weighted by Gasteiger charge is 2.41. The first-order valence-corrected chi connectivity index (χ1v) is 7.84. The summed E-state index contributed by atoms with van der Waals surface area (Å²) < 4.78 is 45.8. The van der Waals surface area contributed by atoms with Gasteiger partial charge in [-0.1, -0.05) is 26.8 Å². The molecule has 1 saturated heterocycles. The first kappa shape index (κ1) is 24.3. The van der Waals surface area contributed by atoms with E-state index >= 15 is 0 Å². The Bertz CT molecular complexity index is 542. The zero-order chi connectivity index (χ0) is 17.3. The van der Waals surface area contributed by atoms with Crippen LogP contribution < -0.4 is 10.1 Å². The van der Waals surface area contributed by atoms with Gasteiger partial charge in [0.05, 0.1) is 12.7 Å². The molecule has 1 aliphatic heterocycles. The smallest absolute Gasteiger partial charge is 0.416 e. The third kappa shape index (κ3) is 5.91. The van der Waals surface area contributed by atoms with Crippen LogP contribution in [-0.2, 0) is 6.18 Å². The number of rotatable bonds is 3. The lowest BCUT2D eigenvalue weighted by atomic mass is 9.79. The number of halogens is 5. The second kappa shape index (κ2) is 9.31. The lowest BCUT2D eigenvalue weighted by Crippen LogP contribution is -2.48. The predicted octanol–water partition coefficient (Wildman–Crippen LogP) is 4.55. The summed E-state index contributed by atoms with van der Waals surface area (Å²) in [7, 11) is 1.38. The molecule has 3 nitrogen and oxygen atoms in total. The Morgan fingerprint density at radius 1 is 1.08 bits per heavy atom. The zero-order valence-electron chi connectivity index (χ0n) is 14.9. The normalized spacial score (nSPS) is 17.2. The molecule has 1 fully saturated rings. The van der Waals surface area contributed by atoms with Crippen LogP contribution in [0.1, 0.15) is 37.9 Å². The highest BCUT2D eigenvalue weighted by atomic mass is 35.5. The quantitative estimate of drug-likeness (QED) is 0.802. The van der Waals surface area contributed by atoms with E-state index in [2.05, 4.69) is 10.2 Å². The molecular formula is C17H27Cl2F3N2O. The average Bonchev–Trinajstić information content (AvgIpc) is 2.46. The van der Waals surface area contributed by atoms with Gasteiger partial charge in [0.1, 0.15) is 5.75 Å². The van der Waals surface area contributed by atoms with Crippen LogP contribution in [0.2, 0.25) is 0 Å². The number of benzene rings is 1. The second-order valence-electron chi connectivity index (χ2n) is 7.01. The van der Waals surface area contributed by atoms with Gasteiger partial charge in [-0.15, -0.1) is 24.8 Å². The first-order chi connectivity index (χ1) is 10.6. The van der Waals surface area contributed by atoms with Gasteiger partial charge in [-0.2, -0.15) is 13.2 Å². The Kier molecular flexibility index (Phi) is 9.05. The molecule has 8 heteroatoms. The van der Waals surface area contributed by atoms with Gasteiger partial charge < -0.3 is 10.1 Å². The van der Waals surface area contributed by atoms with Gasteiger partial charge in [-0.05, 0) is 23.1 Å². The lowest BCUT2D eigenvalue weighted by Gasteiger charge is -2.43. The summed E-state index contributed by atoms with van der Waals surface area (Å²) in [5, 5.41) is 3.25.